The number of benzene rings is 1. The molecule has 132 valence electrons. The van der Waals surface area contributed by atoms with Gasteiger partial charge >= 0.3 is 18.3 Å². The molecule has 0 aliphatic carbocycles. The van der Waals surface area contributed by atoms with Crippen molar-refractivity contribution in [3.8, 4) is 0 Å². The highest BCUT2D eigenvalue weighted by Gasteiger charge is 2.24. The van der Waals surface area contributed by atoms with E-state index in [9.17, 15) is 14.4 Å². The molecule has 1 aromatic rings. The summed E-state index contributed by atoms with van der Waals surface area (Å²) in [4.78, 5) is 37.8. The third-order valence-corrected chi connectivity index (χ3v) is 3.01. The first kappa shape index (κ1) is 19.8. The van der Waals surface area contributed by atoms with Gasteiger partial charge in [0.1, 0.15) is 19.3 Å². The van der Waals surface area contributed by atoms with E-state index in [-0.39, 0.29) is 26.1 Å². The van der Waals surface area contributed by atoms with Gasteiger partial charge in [0.25, 0.3) is 0 Å². The number of nitrogens with zero attached hydrogens (tertiary/aromatic N) is 2. The number of hydrogen-bond acceptors (Lipinski definition) is 5. The second-order valence-electron chi connectivity index (χ2n) is 4.93. The van der Waals surface area contributed by atoms with E-state index in [2.05, 4.69) is 16.7 Å². The third-order valence-electron chi connectivity index (χ3n) is 3.01. The van der Waals surface area contributed by atoms with E-state index in [0.29, 0.717) is 0 Å². The lowest BCUT2D eigenvalue weighted by Crippen LogP contribution is -2.42. The molecule has 8 nitrogen and oxygen atoms in total. The van der Waals surface area contributed by atoms with Crippen LogP contribution in [-0.4, -0.2) is 41.5 Å². The Morgan fingerprint density at radius 2 is 1.96 bits per heavy atom. The van der Waals surface area contributed by atoms with Gasteiger partial charge in [-0.3, -0.25) is 4.79 Å². The summed E-state index contributed by atoms with van der Waals surface area (Å²) in [5.74, 6) is -1.21. The average molecular weight is 345 g/mol. The van der Waals surface area contributed by atoms with E-state index in [1.807, 2.05) is 6.07 Å². The number of ether oxygens (including phenoxy) is 2. The maximum absolute atomic E-state index is 11.9. The lowest BCUT2D eigenvalue weighted by atomic mass is 10.1. The zero-order valence-corrected chi connectivity index (χ0v) is 13.6. The Kier molecular flexibility index (Phi) is 8.96. The molecular formula is C17H19N3O5. The zero-order valence-electron chi connectivity index (χ0n) is 13.6. The molecule has 0 spiro atoms. The SMILES string of the molecule is C=CCOC(=O)[C@H](CCC(=O)C=[N+]=[N-])NC(=O)OCc1ccccc1. The average Bonchev–Trinajstić information content (AvgIpc) is 2.62. The predicted octanol–water partition coefficient (Wildman–Crippen LogP) is 1.66. The molecule has 1 aromatic carbocycles. The molecule has 0 unspecified atom stereocenters. The van der Waals surface area contributed by atoms with Crippen LogP contribution in [-0.2, 0) is 25.7 Å². The van der Waals surface area contributed by atoms with Crippen molar-refractivity contribution in [1.29, 1.82) is 0 Å². The number of hydrogen-bond donors (Lipinski definition) is 1. The van der Waals surface area contributed by atoms with Crippen molar-refractivity contribution >= 4 is 24.1 Å². The summed E-state index contributed by atoms with van der Waals surface area (Å²) in [7, 11) is 0. The van der Waals surface area contributed by atoms with E-state index >= 15 is 0 Å². The topological polar surface area (TPSA) is 118 Å². The van der Waals surface area contributed by atoms with Gasteiger partial charge < -0.3 is 20.3 Å². The maximum Gasteiger partial charge on any atom is 0.408 e. The number of rotatable bonds is 10. The van der Waals surface area contributed by atoms with Crippen LogP contribution >= 0.6 is 0 Å². The third kappa shape index (κ3) is 8.24. The van der Waals surface area contributed by atoms with Crippen LogP contribution in [0.1, 0.15) is 18.4 Å². The molecule has 1 atom stereocenters. The van der Waals surface area contributed by atoms with Gasteiger partial charge in [0.15, 0.2) is 0 Å². The number of Topliss-reactive ketones (excluding diaryl/α,β-unsaturated/α-hetero) is 1. The largest absolute Gasteiger partial charge is 0.460 e. The predicted molar refractivity (Wildman–Crippen MR) is 88.6 cm³/mol. The summed E-state index contributed by atoms with van der Waals surface area (Å²) in [6, 6.07) is 7.95. The number of amides is 1. The molecule has 0 bridgehead atoms. The summed E-state index contributed by atoms with van der Waals surface area (Å²) in [6.45, 7) is 3.44. The van der Waals surface area contributed by atoms with Crippen LogP contribution in [0.5, 0.6) is 0 Å². The van der Waals surface area contributed by atoms with Crippen LogP contribution in [0, 0.1) is 0 Å². The smallest absolute Gasteiger partial charge is 0.408 e. The van der Waals surface area contributed by atoms with Crippen LogP contribution in [0.2, 0.25) is 0 Å². The van der Waals surface area contributed by atoms with Crippen molar-refractivity contribution in [3.63, 3.8) is 0 Å². The van der Waals surface area contributed by atoms with Gasteiger partial charge in [-0.1, -0.05) is 43.0 Å². The van der Waals surface area contributed by atoms with Crippen LogP contribution in [0.15, 0.2) is 43.0 Å². The molecule has 1 amide bonds. The summed E-state index contributed by atoms with van der Waals surface area (Å²) in [5.41, 5.74) is 9.10. The van der Waals surface area contributed by atoms with Crippen molar-refractivity contribution in [2.24, 2.45) is 0 Å². The highest BCUT2D eigenvalue weighted by Crippen LogP contribution is 2.04. The zero-order chi connectivity index (χ0) is 18.5. The Labute approximate surface area is 145 Å². The number of esters is 1. The summed E-state index contributed by atoms with van der Waals surface area (Å²) in [6.07, 6.45) is 1.15. The minimum Gasteiger partial charge on any atom is -0.460 e. The maximum atomic E-state index is 11.9. The first-order valence-electron chi connectivity index (χ1n) is 7.51. The molecule has 0 saturated carbocycles. The highest BCUT2D eigenvalue weighted by atomic mass is 16.6. The van der Waals surface area contributed by atoms with E-state index in [0.717, 1.165) is 11.8 Å². The molecule has 0 aliphatic heterocycles. The second-order valence-corrected chi connectivity index (χ2v) is 4.93. The molecular weight excluding hydrogens is 326 g/mol. The Morgan fingerprint density at radius 1 is 1.24 bits per heavy atom. The van der Waals surface area contributed by atoms with Gasteiger partial charge in [0, 0.05) is 6.42 Å². The summed E-state index contributed by atoms with van der Waals surface area (Å²) in [5, 5.41) is 2.36. The molecule has 0 aliphatic rings. The minimum absolute atomic E-state index is 0.0257. The molecule has 25 heavy (non-hydrogen) atoms. The second kappa shape index (κ2) is 11.3. The first-order valence-corrected chi connectivity index (χ1v) is 7.51. The normalized spacial score (nSPS) is 10.7. The molecule has 1 rings (SSSR count). The number of carbonyl (C=O) groups is 3. The standard InChI is InChI=1S/C17H19N3O5/c1-2-10-24-16(22)15(9-8-14(21)11-19-18)20-17(23)25-12-13-6-4-3-5-7-13/h2-7,11,15H,1,8-10,12H2,(H,20,23)/t15-/m0/s1. The Hall–Kier alpha value is -3.25. The van der Waals surface area contributed by atoms with Crippen LogP contribution in [0.4, 0.5) is 4.79 Å². The van der Waals surface area contributed by atoms with Crippen LogP contribution < -0.4 is 5.32 Å². The van der Waals surface area contributed by atoms with Crippen molar-refractivity contribution < 1.29 is 28.6 Å². The number of nitrogens with one attached hydrogen (secondary N) is 1. The van der Waals surface area contributed by atoms with Gasteiger partial charge in [-0.15, -0.1) is 0 Å². The molecule has 1 N–H and O–H groups in total. The van der Waals surface area contributed by atoms with Crippen molar-refractivity contribution in [3.05, 3.63) is 54.1 Å². The quantitative estimate of drug-likeness (QED) is 0.227. The number of alkyl carbamates (subject to hydrolysis) is 1. The lowest BCUT2D eigenvalue weighted by Gasteiger charge is -2.16. The van der Waals surface area contributed by atoms with Crippen molar-refractivity contribution in [1.82, 2.24) is 5.32 Å². The van der Waals surface area contributed by atoms with Crippen molar-refractivity contribution in [2.45, 2.75) is 25.5 Å². The van der Waals surface area contributed by atoms with Crippen LogP contribution in [0.3, 0.4) is 0 Å². The molecule has 0 radical (unpaired) electrons. The molecule has 0 aromatic heterocycles. The molecule has 0 fully saturated rings. The Balaban J connectivity index is 2.58. The van der Waals surface area contributed by atoms with Gasteiger partial charge in [0.2, 0.25) is 5.78 Å². The highest BCUT2D eigenvalue weighted by molar-refractivity contribution is 6.25. The number of carbonyl (C=O) groups excluding carboxylic acids is 3. The fraction of sp³-hybridized carbons (Fsp3) is 0.294. The van der Waals surface area contributed by atoms with Crippen LogP contribution in [0.25, 0.3) is 5.53 Å². The summed E-state index contributed by atoms with van der Waals surface area (Å²) < 4.78 is 9.93. The molecule has 0 saturated heterocycles. The van der Waals surface area contributed by atoms with E-state index in [1.165, 1.54) is 6.08 Å². The van der Waals surface area contributed by atoms with Gasteiger partial charge in [-0.2, -0.15) is 4.79 Å². The Morgan fingerprint density at radius 3 is 2.60 bits per heavy atom. The first-order chi connectivity index (χ1) is 12.1. The Bertz CT molecular complexity index is 654. The van der Waals surface area contributed by atoms with E-state index in [1.54, 1.807) is 24.3 Å². The lowest BCUT2D eigenvalue weighted by molar-refractivity contribution is -0.145. The van der Waals surface area contributed by atoms with Gasteiger partial charge in [0.05, 0.1) is 0 Å². The fourth-order valence-corrected chi connectivity index (χ4v) is 1.81. The number of ketones is 1. The molecule has 8 heteroatoms. The monoisotopic (exact) mass is 345 g/mol. The summed E-state index contributed by atoms with van der Waals surface area (Å²) >= 11 is 0. The van der Waals surface area contributed by atoms with Crippen molar-refractivity contribution in [2.75, 3.05) is 6.61 Å². The fourth-order valence-electron chi connectivity index (χ4n) is 1.81. The minimum atomic E-state index is -1.07. The van der Waals surface area contributed by atoms with E-state index in [4.69, 9.17) is 15.0 Å². The van der Waals surface area contributed by atoms with Gasteiger partial charge in [-0.25, -0.2) is 9.59 Å². The van der Waals surface area contributed by atoms with Gasteiger partial charge in [-0.05, 0) is 12.0 Å². The van der Waals surface area contributed by atoms with E-state index < -0.39 is 23.9 Å². The molecule has 0 heterocycles.